The summed E-state index contributed by atoms with van der Waals surface area (Å²) in [6.45, 7) is 5.25. The highest BCUT2D eigenvalue weighted by molar-refractivity contribution is 5.89. The molecule has 0 fully saturated rings. The van der Waals surface area contributed by atoms with E-state index in [1.165, 1.54) is 0 Å². The molecule has 2 N–H and O–H groups in total. The van der Waals surface area contributed by atoms with E-state index in [1.54, 1.807) is 32.9 Å². The van der Waals surface area contributed by atoms with E-state index < -0.39 is 23.5 Å². The van der Waals surface area contributed by atoms with E-state index in [4.69, 9.17) is 10.5 Å². The average Bonchev–Trinajstić information content (AvgIpc) is 2.28. The van der Waals surface area contributed by atoms with Crippen molar-refractivity contribution in [3.63, 3.8) is 0 Å². The van der Waals surface area contributed by atoms with Crippen LogP contribution in [0.15, 0.2) is 30.3 Å². The van der Waals surface area contributed by atoms with Crippen LogP contribution in [0.3, 0.4) is 0 Å². The van der Waals surface area contributed by atoms with Crippen LogP contribution in [0.5, 0.6) is 0 Å². The molecule has 0 amide bonds. The number of carbonyl (C=O) groups is 2. The molecule has 2 unspecified atom stereocenters. The van der Waals surface area contributed by atoms with Crippen LogP contribution in [0, 0.1) is 5.92 Å². The van der Waals surface area contributed by atoms with Gasteiger partial charge in [0.2, 0.25) is 0 Å². The quantitative estimate of drug-likeness (QED) is 0.502. The first-order chi connectivity index (χ1) is 8.35. The van der Waals surface area contributed by atoms with Gasteiger partial charge in [0, 0.05) is 6.04 Å². The summed E-state index contributed by atoms with van der Waals surface area (Å²) in [6, 6.07) is 8.35. The maximum atomic E-state index is 11.9. The summed E-state index contributed by atoms with van der Waals surface area (Å²) in [5, 5.41) is 0. The topological polar surface area (TPSA) is 69.4 Å². The van der Waals surface area contributed by atoms with Crippen LogP contribution in [0.4, 0.5) is 0 Å². The Hall–Kier alpha value is -1.68. The molecule has 1 rings (SSSR count). The van der Waals surface area contributed by atoms with Gasteiger partial charge in [-0.2, -0.15) is 0 Å². The van der Waals surface area contributed by atoms with E-state index in [0.717, 1.165) is 5.56 Å². The highest BCUT2D eigenvalue weighted by Crippen LogP contribution is 2.21. The van der Waals surface area contributed by atoms with Crippen LogP contribution in [0.1, 0.15) is 32.4 Å². The predicted octanol–water partition coefficient (Wildman–Crippen LogP) is 1.84. The molecule has 18 heavy (non-hydrogen) atoms. The molecule has 0 spiro atoms. The molecule has 0 aliphatic rings. The number of hydrogen-bond acceptors (Lipinski definition) is 4. The van der Waals surface area contributed by atoms with Gasteiger partial charge in [-0.05, 0) is 26.3 Å². The number of nitrogens with two attached hydrogens (primary N) is 1. The molecule has 0 saturated heterocycles. The van der Waals surface area contributed by atoms with Crippen molar-refractivity contribution in [1.29, 1.82) is 0 Å². The van der Waals surface area contributed by atoms with Gasteiger partial charge < -0.3 is 15.3 Å². The Morgan fingerprint density at radius 3 is 2.28 bits per heavy atom. The lowest BCUT2D eigenvalue weighted by Gasteiger charge is -2.24. The Morgan fingerprint density at radius 2 is 1.83 bits per heavy atom. The van der Waals surface area contributed by atoms with E-state index >= 15 is 0 Å². The van der Waals surface area contributed by atoms with Crippen LogP contribution >= 0.6 is 0 Å². The first kappa shape index (κ1) is 14.4. The Bertz CT molecular complexity index is 409. The largest absolute Gasteiger partial charge is 0.459 e. The second-order valence-electron chi connectivity index (χ2n) is 5.13. The molecular weight excluding hydrogens is 230 g/mol. The number of benzene rings is 1. The van der Waals surface area contributed by atoms with E-state index in [2.05, 4.69) is 0 Å². The van der Waals surface area contributed by atoms with E-state index in [1.807, 2.05) is 18.2 Å². The second kappa shape index (κ2) is 5.78. The molecule has 2 atom stereocenters. The van der Waals surface area contributed by atoms with Gasteiger partial charge in [0.05, 0.1) is 0 Å². The van der Waals surface area contributed by atoms with Gasteiger partial charge in [0.25, 0.3) is 0 Å². The SMILES string of the molecule is CC(C)(C)OC(=O)C(C=O)C(N)c1ccccc1. The summed E-state index contributed by atoms with van der Waals surface area (Å²) in [4.78, 5) is 22.9. The lowest BCUT2D eigenvalue weighted by molar-refractivity contribution is -0.161. The summed E-state index contributed by atoms with van der Waals surface area (Å²) in [6.07, 6.45) is 0.547. The molecule has 0 aromatic heterocycles. The van der Waals surface area contributed by atoms with Gasteiger partial charge in [0.15, 0.2) is 0 Å². The highest BCUT2D eigenvalue weighted by Gasteiger charge is 2.30. The van der Waals surface area contributed by atoms with Crippen molar-refractivity contribution in [2.24, 2.45) is 11.7 Å². The summed E-state index contributed by atoms with van der Waals surface area (Å²) in [5.74, 6) is -1.57. The molecule has 98 valence electrons. The standard InChI is InChI=1S/C14H19NO3/c1-14(2,3)18-13(17)11(9-16)12(15)10-7-5-4-6-8-10/h4-9,11-12H,15H2,1-3H3. The van der Waals surface area contributed by atoms with Crippen molar-refractivity contribution in [2.75, 3.05) is 0 Å². The van der Waals surface area contributed by atoms with Crippen molar-refractivity contribution in [2.45, 2.75) is 32.4 Å². The number of hydrogen-bond donors (Lipinski definition) is 1. The summed E-state index contributed by atoms with van der Waals surface area (Å²) >= 11 is 0. The third-order valence-electron chi connectivity index (χ3n) is 2.40. The minimum absolute atomic E-state index is 0.547. The molecule has 4 heteroatoms. The van der Waals surface area contributed by atoms with Crippen LogP contribution in [-0.4, -0.2) is 17.9 Å². The van der Waals surface area contributed by atoms with Crippen LogP contribution in [0.2, 0.25) is 0 Å². The number of ether oxygens (including phenoxy) is 1. The molecule has 0 aliphatic heterocycles. The molecule has 1 aromatic carbocycles. The predicted molar refractivity (Wildman–Crippen MR) is 68.8 cm³/mol. The number of rotatable bonds is 4. The van der Waals surface area contributed by atoms with E-state index in [0.29, 0.717) is 6.29 Å². The van der Waals surface area contributed by atoms with Crippen molar-refractivity contribution in [3.05, 3.63) is 35.9 Å². The van der Waals surface area contributed by atoms with Crippen molar-refractivity contribution < 1.29 is 14.3 Å². The van der Waals surface area contributed by atoms with Crippen LogP contribution < -0.4 is 5.73 Å². The monoisotopic (exact) mass is 249 g/mol. The van der Waals surface area contributed by atoms with Gasteiger partial charge in [-0.1, -0.05) is 30.3 Å². The summed E-state index contributed by atoms with van der Waals surface area (Å²) in [5.41, 5.74) is 6.04. The third kappa shape index (κ3) is 3.96. The number of carbonyl (C=O) groups excluding carboxylic acids is 2. The second-order valence-corrected chi connectivity index (χ2v) is 5.13. The molecular formula is C14H19NO3. The first-order valence-corrected chi connectivity index (χ1v) is 5.84. The molecule has 0 bridgehead atoms. The zero-order valence-electron chi connectivity index (χ0n) is 10.9. The zero-order valence-corrected chi connectivity index (χ0v) is 10.9. The van der Waals surface area contributed by atoms with Gasteiger partial charge in [-0.25, -0.2) is 0 Å². The first-order valence-electron chi connectivity index (χ1n) is 5.84. The Labute approximate surface area is 107 Å². The molecule has 1 aromatic rings. The van der Waals surface area contributed by atoms with E-state index in [9.17, 15) is 9.59 Å². The maximum Gasteiger partial charge on any atom is 0.318 e. The average molecular weight is 249 g/mol. The Balaban J connectivity index is 2.84. The zero-order chi connectivity index (χ0) is 13.8. The van der Waals surface area contributed by atoms with Crippen molar-refractivity contribution >= 4 is 12.3 Å². The highest BCUT2D eigenvalue weighted by atomic mass is 16.6. The molecule has 4 nitrogen and oxygen atoms in total. The molecule has 0 aliphatic carbocycles. The minimum atomic E-state index is -0.980. The fourth-order valence-electron chi connectivity index (χ4n) is 1.54. The number of aldehydes is 1. The molecule has 0 radical (unpaired) electrons. The fraction of sp³-hybridized carbons (Fsp3) is 0.429. The van der Waals surface area contributed by atoms with Gasteiger partial charge in [0.1, 0.15) is 17.8 Å². The Kier molecular flexibility index (Phi) is 4.62. The van der Waals surface area contributed by atoms with Gasteiger partial charge in [-0.15, -0.1) is 0 Å². The van der Waals surface area contributed by atoms with Crippen molar-refractivity contribution in [1.82, 2.24) is 0 Å². The van der Waals surface area contributed by atoms with Crippen LogP contribution in [-0.2, 0) is 14.3 Å². The third-order valence-corrected chi connectivity index (χ3v) is 2.40. The van der Waals surface area contributed by atoms with Gasteiger partial charge in [-0.3, -0.25) is 4.79 Å². The van der Waals surface area contributed by atoms with E-state index in [-0.39, 0.29) is 0 Å². The van der Waals surface area contributed by atoms with Crippen molar-refractivity contribution in [3.8, 4) is 0 Å². The lowest BCUT2D eigenvalue weighted by atomic mass is 9.95. The maximum absolute atomic E-state index is 11.9. The molecule has 0 heterocycles. The Morgan fingerprint density at radius 1 is 1.28 bits per heavy atom. The fourth-order valence-corrected chi connectivity index (χ4v) is 1.54. The smallest absolute Gasteiger partial charge is 0.318 e. The minimum Gasteiger partial charge on any atom is -0.459 e. The normalized spacial score (nSPS) is 14.7. The summed E-state index contributed by atoms with van der Waals surface area (Å²) < 4.78 is 5.18. The molecule has 0 saturated carbocycles. The lowest BCUT2D eigenvalue weighted by Crippen LogP contribution is -2.35. The van der Waals surface area contributed by atoms with Crippen LogP contribution in [0.25, 0.3) is 0 Å². The van der Waals surface area contributed by atoms with Gasteiger partial charge >= 0.3 is 5.97 Å². The number of esters is 1. The summed E-state index contributed by atoms with van der Waals surface area (Å²) in [7, 11) is 0.